The van der Waals surface area contributed by atoms with Crippen LogP contribution in [0.4, 0.5) is 0 Å². The van der Waals surface area contributed by atoms with Gasteiger partial charge in [0.25, 0.3) is 0 Å². The van der Waals surface area contributed by atoms with E-state index in [-0.39, 0.29) is 5.54 Å². The molecule has 2 rings (SSSR count). The summed E-state index contributed by atoms with van der Waals surface area (Å²) in [6.07, 6.45) is 2.65. The number of rotatable bonds is 5. The molecule has 1 fully saturated rings. The summed E-state index contributed by atoms with van der Waals surface area (Å²) in [6.45, 7) is 8.26. The van der Waals surface area contributed by atoms with Gasteiger partial charge in [-0.1, -0.05) is 0 Å². The van der Waals surface area contributed by atoms with Gasteiger partial charge in [-0.25, -0.2) is 0 Å². The molecule has 4 heteroatoms. The highest BCUT2D eigenvalue weighted by Gasteiger charge is 2.35. The lowest BCUT2D eigenvalue weighted by Gasteiger charge is -2.45. The average molecular weight is 252 g/mol. The molecule has 18 heavy (non-hydrogen) atoms. The number of nitrogens with zero attached hydrogens (tertiary/aromatic N) is 1. The molecule has 4 nitrogen and oxygen atoms in total. The summed E-state index contributed by atoms with van der Waals surface area (Å²) in [5.41, 5.74) is 0.0886. The van der Waals surface area contributed by atoms with Crippen LogP contribution in [0.2, 0.25) is 0 Å². The smallest absolute Gasteiger partial charge is 0.105 e. The Morgan fingerprint density at radius 1 is 1.39 bits per heavy atom. The van der Waals surface area contributed by atoms with E-state index in [1.807, 2.05) is 19.2 Å². The molecule has 0 aromatic carbocycles. The number of hydrogen-bond acceptors (Lipinski definition) is 4. The third-order valence-electron chi connectivity index (χ3n) is 4.01. The Hall–Kier alpha value is -0.840. The minimum Gasteiger partial charge on any atom is -0.469 e. The Bertz CT molecular complexity index is 343. The van der Waals surface area contributed by atoms with Crippen molar-refractivity contribution in [3.63, 3.8) is 0 Å². The first kappa shape index (κ1) is 13.6. The molecule has 1 aliphatic heterocycles. The molecule has 1 unspecified atom stereocenters. The second-order valence-electron chi connectivity index (χ2n) is 5.38. The van der Waals surface area contributed by atoms with E-state index in [1.165, 1.54) is 0 Å². The molecule has 0 saturated carbocycles. The zero-order chi connectivity index (χ0) is 13.0. The van der Waals surface area contributed by atoms with E-state index in [0.717, 1.165) is 38.5 Å². The number of ether oxygens (including phenoxy) is 1. The highest BCUT2D eigenvalue weighted by atomic mass is 16.5. The largest absolute Gasteiger partial charge is 0.469 e. The van der Waals surface area contributed by atoms with Crippen molar-refractivity contribution >= 4 is 0 Å². The molecule has 1 atom stereocenters. The predicted octanol–water partition coefficient (Wildman–Crippen LogP) is 1.52. The third kappa shape index (κ3) is 2.94. The minimum atomic E-state index is 0.0886. The van der Waals surface area contributed by atoms with Crippen LogP contribution in [0.15, 0.2) is 22.8 Å². The maximum absolute atomic E-state index is 5.47. The Morgan fingerprint density at radius 3 is 2.67 bits per heavy atom. The van der Waals surface area contributed by atoms with Crippen molar-refractivity contribution in [2.24, 2.45) is 0 Å². The highest BCUT2D eigenvalue weighted by molar-refractivity contribution is 5.05. The van der Waals surface area contributed by atoms with Crippen LogP contribution in [0.1, 0.15) is 19.6 Å². The van der Waals surface area contributed by atoms with Crippen molar-refractivity contribution in [1.29, 1.82) is 0 Å². The Balaban J connectivity index is 2.04. The molecule has 102 valence electrons. The van der Waals surface area contributed by atoms with Crippen molar-refractivity contribution in [2.45, 2.75) is 31.8 Å². The van der Waals surface area contributed by atoms with E-state index in [1.54, 1.807) is 6.26 Å². The zero-order valence-electron chi connectivity index (χ0n) is 11.6. The van der Waals surface area contributed by atoms with Gasteiger partial charge < -0.3 is 14.5 Å². The van der Waals surface area contributed by atoms with E-state index in [4.69, 9.17) is 9.15 Å². The molecule has 1 N–H and O–H groups in total. The number of nitrogens with one attached hydrogen (secondary N) is 1. The van der Waals surface area contributed by atoms with Gasteiger partial charge in [-0.15, -0.1) is 0 Å². The van der Waals surface area contributed by atoms with Crippen LogP contribution in [0.25, 0.3) is 0 Å². The highest BCUT2D eigenvalue weighted by Crippen LogP contribution is 2.23. The topological polar surface area (TPSA) is 37.6 Å². The lowest BCUT2D eigenvalue weighted by Crippen LogP contribution is -2.60. The summed E-state index contributed by atoms with van der Waals surface area (Å²) in [6, 6.07) is 4.35. The van der Waals surface area contributed by atoms with E-state index in [9.17, 15) is 0 Å². The zero-order valence-corrected chi connectivity index (χ0v) is 11.6. The molecule has 0 radical (unpaired) electrons. The second kappa shape index (κ2) is 5.87. The molecular weight excluding hydrogens is 228 g/mol. The SMILES string of the molecule is CNC(Cc1ccco1)C(C)(C)N1CCOCC1. The van der Waals surface area contributed by atoms with Crippen molar-refractivity contribution in [2.75, 3.05) is 33.4 Å². The fourth-order valence-corrected chi connectivity index (χ4v) is 2.70. The van der Waals surface area contributed by atoms with Gasteiger partial charge in [-0.2, -0.15) is 0 Å². The first-order chi connectivity index (χ1) is 8.64. The predicted molar refractivity (Wildman–Crippen MR) is 71.7 cm³/mol. The Labute approximate surface area is 109 Å². The quantitative estimate of drug-likeness (QED) is 0.862. The van der Waals surface area contributed by atoms with E-state index >= 15 is 0 Å². The van der Waals surface area contributed by atoms with E-state index in [2.05, 4.69) is 24.1 Å². The van der Waals surface area contributed by atoms with E-state index in [0.29, 0.717) is 6.04 Å². The lowest BCUT2D eigenvalue weighted by molar-refractivity contribution is -0.0228. The summed E-state index contributed by atoms with van der Waals surface area (Å²) in [5, 5.41) is 3.44. The molecule has 0 spiro atoms. The third-order valence-corrected chi connectivity index (χ3v) is 4.01. The molecule has 1 saturated heterocycles. The van der Waals surface area contributed by atoms with Crippen molar-refractivity contribution in [1.82, 2.24) is 10.2 Å². The average Bonchev–Trinajstić information content (AvgIpc) is 2.89. The Morgan fingerprint density at radius 2 is 2.11 bits per heavy atom. The maximum atomic E-state index is 5.47. The monoisotopic (exact) mass is 252 g/mol. The lowest BCUT2D eigenvalue weighted by atomic mass is 9.89. The van der Waals surface area contributed by atoms with Crippen LogP contribution in [0.3, 0.4) is 0 Å². The van der Waals surface area contributed by atoms with Gasteiger partial charge in [0.2, 0.25) is 0 Å². The van der Waals surface area contributed by atoms with Crippen LogP contribution in [-0.4, -0.2) is 49.8 Å². The van der Waals surface area contributed by atoms with Gasteiger partial charge in [-0.05, 0) is 33.0 Å². The van der Waals surface area contributed by atoms with Gasteiger partial charge in [0, 0.05) is 31.1 Å². The van der Waals surface area contributed by atoms with Gasteiger partial charge in [0.1, 0.15) is 5.76 Å². The number of hydrogen-bond donors (Lipinski definition) is 1. The van der Waals surface area contributed by atoms with Crippen molar-refractivity contribution in [3.8, 4) is 0 Å². The van der Waals surface area contributed by atoms with Crippen LogP contribution in [0, 0.1) is 0 Å². The standard InChI is InChI=1S/C14H24N2O2/c1-14(2,16-6-9-17-10-7-16)13(15-3)11-12-5-4-8-18-12/h4-5,8,13,15H,6-7,9-11H2,1-3H3. The second-order valence-corrected chi connectivity index (χ2v) is 5.38. The van der Waals surface area contributed by atoms with Crippen LogP contribution < -0.4 is 5.32 Å². The Kier molecular flexibility index (Phi) is 4.43. The summed E-state index contributed by atoms with van der Waals surface area (Å²) in [7, 11) is 2.02. The molecule has 0 amide bonds. The van der Waals surface area contributed by atoms with Crippen LogP contribution in [0.5, 0.6) is 0 Å². The van der Waals surface area contributed by atoms with Gasteiger partial charge >= 0.3 is 0 Å². The van der Waals surface area contributed by atoms with Crippen molar-refractivity contribution < 1.29 is 9.15 Å². The summed E-state index contributed by atoms with van der Waals surface area (Å²) < 4.78 is 10.9. The number of furan rings is 1. The van der Waals surface area contributed by atoms with Gasteiger partial charge in [0.15, 0.2) is 0 Å². The van der Waals surface area contributed by atoms with Gasteiger partial charge in [0.05, 0.1) is 19.5 Å². The van der Waals surface area contributed by atoms with Crippen LogP contribution in [-0.2, 0) is 11.2 Å². The number of morpholine rings is 1. The maximum Gasteiger partial charge on any atom is 0.105 e. The van der Waals surface area contributed by atoms with Gasteiger partial charge in [-0.3, -0.25) is 4.90 Å². The fraction of sp³-hybridized carbons (Fsp3) is 0.714. The first-order valence-electron chi connectivity index (χ1n) is 6.67. The van der Waals surface area contributed by atoms with Crippen LogP contribution >= 0.6 is 0 Å². The molecular formula is C14H24N2O2. The summed E-state index contributed by atoms with van der Waals surface area (Å²) >= 11 is 0. The molecule has 1 aromatic heterocycles. The summed E-state index contributed by atoms with van der Waals surface area (Å²) in [4.78, 5) is 2.50. The molecule has 1 aliphatic rings. The number of likely N-dealkylation sites (N-methyl/N-ethyl adjacent to an activating group) is 1. The minimum absolute atomic E-state index is 0.0886. The molecule has 0 bridgehead atoms. The summed E-state index contributed by atoms with van der Waals surface area (Å²) in [5.74, 6) is 1.04. The van der Waals surface area contributed by atoms with Crippen molar-refractivity contribution in [3.05, 3.63) is 24.2 Å². The van der Waals surface area contributed by atoms with E-state index < -0.39 is 0 Å². The first-order valence-corrected chi connectivity index (χ1v) is 6.67. The fourth-order valence-electron chi connectivity index (χ4n) is 2.70. The normalized spacial score (nSPS) is 19.9. The molecule has 0 aliphatic carbocycles. The molecule has 1 aromatic rings. The molecule has 2 heterocycles.